The van der Waals surface area contributed by atoms with Gasteiger partial charge in [0, 0.05) is 15.6 Å². The van der Waals surface area contributed by atoms with Gasteiger partial charge in [-0.2, -0.15) is 5.10 Å². The van der Waals surface area contributed by atoms with Crippen molar-refractivity contribution in [3.63, 3.8) is 0 Å². The van der Waals surface area contributed by atoms with Crippen LogP contribution in [0.25, 0.3) is 11.3 Å². The number of benzene rings is 2. The van der Waals surface area contributed by atoms with Crippen molar-refractivity contribution in [3.05, 3.63) is 70.1 Å². The van der Waals surface area contributed by atoms with Crippen molar-refractivity contribution < 1.29 is 12.8 Å². The van der Waals surface area contributed by atoms with Gasteiger partial charge < -0.3 is 0 Å². The Bertz CT molecular complexity index is 1240. The van der Waals surface area contributed by atoms with Gasteiger partial charge in [0.25, 0.3) is 0 Å². The van der Waals surface area contributed by atoms with Crippen LogP contribution in [0.15, 0.2) is 58.0 Å². The molecule has 1 aliphatic rings. The number of aryl methyl sites for hydroxylation is 1. The highest BCUT2D eigenvalue weighted by Gasteiger charge is 2.39. The topological polar surface area (TPSA) is 64.0 Å². The molecule has 1 N–H and O–H groups in total. The minimum Gasteiger partial charge on any atom is -0.259 e. The van der Waals surface area contributed by atoms with E-state index in [9.17, 15) is 12.8 Å². The number of halogens is 2. The summed E-state index contributed by atoms with van der Waals surface area (Å²) in [6.07, 6.45) is 3.57. The lowest BCUT2D eigenvalue weighted by molar-refractivity contribution is 0.359. The van der Waals surface area contributed by atoms with E-state index >= 15 is 0 Å². The third kappa shape index (κ3) is 4.67. The fraction of sp³-hybridized carbons (Fsp3) is 0.375. The zero-order chi connectivity index (χ0) is 23.3. The van der Waals surface area contributed by atoms with Crippen LogP contribution < -0.4 is 4.72 Å². The molecule has 1 atom stereocenters. The minimum atomic E-state index is -3.75. The van der Waals surface area contributed by atoms with Crippen molar-refractivity contribution in [2.75, 3.05) is 0 Å². The fourth-order valence-corrected chi connectivity index (χ4v) is 5.56. The van der Waals surface area contributed by atoms with Crippen molar-refractivity contribution in [3.8, 4) is 11.3 Å². The normalized spacial score (nSPS) is 15.7. The molecule has 0 saturated heterocycles. The zero-order valence-corrected chi connectivity index (χ0v) is 21.0. The monoisotopic (exact) mass is 519 g/mol. The molecular formula is C24H27BrFN3O2S. The summed E-state index contributed by atoms with van der Waals surface area (Å²) in [5.74, 6) is -0.196. The highest BCUT2D eigenvalue weighted by molar-refractivity contribution is 9.10. The molecule has 0 bridgehead atoms. The van der Waals surface area contributed by atoms with Gasteiger partial charge in [-0.25, -0.2) is 17.5 Å². The van der Waals surface area contributed by atoms with E-state index in [4.69, 9.17) is 0 Å². The number of hydrogen-bond donors (Lipinski definition) is 1. The number of nitrogens with one attached hydrogen (secondary N) is 1. The molecule has 0 aliphatic heterocycles. The Morgan fingerprint density at radius 2 is 1.81 bits per heavy atom. The largest absolute Gasteiger partial charge is 0.259 e. The first-order valence-electron chi connectivity index (χ1n) is 10.6. The fourth-order valence-electron chi connectivity index (χ4n) is 3.84. The van der Waals surface area contributed by atoms with E-state index < -0.39 is 16.1 Å². The summed E-state index contributed by atoms with van der Waals surface area (Å²) in [6, 6.07) is 10.9. The minimum absolute atomic E-state index is 0.166. The van der Waals surface area contributed by atoms with Crippen molar-refractivity contribution in [2.24, 2.45) is 5.92 Å². The van der Waals surface area contributed by atoms with Gasteiger partial charge in [0.2, 0.25) is 10.0 Å². The number of nitrogens with zero attached hydrogens (tertiary/aromatic N) is 2. The molecule has 1 fully saturated rings. The Balaban J connectivity index is 1.84. The van der Waals surface area contributed by atoms with Crippen LogP contribution in [0, 0.1) is 18.7 Å². The molecule has 32 heavy (non-hydrogen) atoms. The van der Waals surface area contributed by atoms with Crippen LogP contribution in [-0.2, 0) is 15.6 Å². The SMILES string of the molecule is Cc1ccc(S(=O)(=O)N[C@@H](c2cnn(C(C)(C)C)c2-c2cc(F)ccc2Br)C2CC2)cc1. The maximum atomic E-state index is 14.2. The molecule has 1 saturated carbocycles. The molecule has 0 radical (unpaired) electrons. The summed E-state index contributed by atoms with van der Waals surface area (Å²) in [6.45, 7) is 7.97. The standard InChI is InChI=1S/C24H27BrFN3O2S/c1-15-5-10-18(11-6-15)32(30,31)28-22(16-7-8-16)20-14-27-29(24(2,3)4)23(20)19-13-17(26)9-12-21(19)25/h5-6,9-14,16,22,28H,7-8H2,1-4H3/t22-/m1/s1. The van der Waals surface area contributed by atoms with E-state index in [0.29, 0.717) is 11.3 Å². The second-order valence-electron chi connectivity index (χ2n) is 9.40. The van der Waals surface area contributed by atoms with Gasteiger partial charge >= 0.3 is 0 Å². The summed E-state index contributed by atoms with van der Waals surface area (Å²) in [5.41, 5.74) is 2.72. The molecule has 3 aromatic rings. The number of sulfonamides is 1. The molecule has 5 nitrogen and oxygen atoms in total. The summed E-state index contributed by atoms with van der Waals surface area (Å²) in [4.78, 5) is 0.227. The Labute approximate surface area is 197 Å². The third-order valence-electron chi connectivity index (χ3n) is 5.66. The molecular weight excluding hydrogens is 493 g/mol. The number of rotatable bonds is 6. The molecule has 4 rings (SSSR count). The Morgan fingerprint density at radius 3 is 2.41 bits per heavy atom. The van der Waals surface area contributed by atoms with Crippen molar-refractivity contribution >= 4 is 26.0 Å². The highest BCUT2D eigenvalue weighted by Crippen LogP contribution is 2.46. The van der Waals surface area contributed by atoms with Crippen LogP contribution in [0.2, 0.25) is 0 Å². The summed E-state index contributed by atoms with van der Waals surface area (Å²) in [7, 11) is -3.75. The molecule has 1 aromatic heterocycles. The van der Waals surface area contributed by atoms with E-state index in [1.807, 2.05) is 32.4 Å². The summed E-state index contributed by atoms with van der Waals surface area (Å²) >= 11 is 3.55. The lowest BCUT2D eigenvalue weighted by atomic mass is 9.98. The van der Waals surface area contributed by atoms with Crippen LogP contribution in [0.5, 0.6) is 0 Å². The van der Waals surface area contributed by atoms with E-state index in [1.54, 1.807) is 36.5 Å². The zero-order valence-electron chi connectivity index (χ0n) is 18.6. The molecule has 1 aliphatic carbocycles. The van der Waals surface area contributed by atoms with Crippen LogP contribution >= 0.6 is 15.9 Å². The van der Waals surface area contributed by atoms with Crippen LogP contribution in [-0.4, -0.2) is 18.2 Å². The van der Waals surface area contributed by atoms with Crippen LogP contribution in [0.3, 0.4) is 0 Å². The first-order chi connectivity index (χ1) is 15.0. The Morgan fingerprint density at radius 1 is 1.16 bits per heavy atom. The molecule has 8 heteroatoms. The van der Waals surface area contributed by atoms with Gasteiger partial charge in [-0.1, -0.05) is 33.6 Å². The molecule has 1 heterocycles. The molecule has 170 valence electrons. The first-order valence-corrected chi connectivity index (χ1v) is 12.9. The third-order valence-corrected chi connectivity index (χ3v) is 7.81. The van der Waals surface area contributed by atoms with Gasteiger partial charge in [-0.05, 0) is 76.8 Å². The van der Waals surface area contributed by atoms with Gasteiger partial charge in [0.05, 0.1) is 28.4 Å². The predicted molar refractivity (Wildman–Crippen MR) is 127 cm³/mol. The van der Waals surface area contributed by atoms with Gasteiger partial charge in [0.1, 0.15) is 5.82 Å². The Hall–Kier alpha value is -2.03. The van der Waals surface area contributed by atoms with Crippen molar-refractivity contribution in [2.45, 2.75) is 57.0 Å². The number of aromatic nitrogens is 2. The van der Waals surface area contributed by atoms with E-state index in [0.717, 1.165) is 28.4 Å². The van der Waals surface area contributed by atoms with Crippen LogP contribution in [0.1, 0.15) is 50.8 Å². The van der Waals surface area contributed by atoms with Gasteiger partial charge in [-0.15, -0.1) is 0 Å². The van der Waals surface area contributed by atoms with E-state index in [-0.39, 0.29) is 22.2 Å². The van der Waals surface area contributed by atoms with Crippen molar-refractivity contribution in [1.82, 2.24) is 14.5 Å². The lowest BCUT2D eigenvalue weighted by Crippen LogP contribution is -2.31. The van der Waals surface area contributed by atoms with Gasteiger partial charge in [-0.3, -0.25) is 4.68 Å². The number of hydrogen-bond acceptors (Lipinski definition) is 3. The highest BCUT2D eigenvalue weighted by atomic mass is 79.9. The molecule has 0 amide bonds. The maximum absolute atomic E-state index is 14.2. The second-order valence-corrected chi connectivity index (χ2v) is 12.0. The molecule has 0 spiro atoms. The smallest absolute Gasteiger partial charge is 0.241 e. The Kier molecular flexibility index (Phi) is 6.07. The first kappa shape index (κ1) is 23.1. The summed E-state index contributed by atoms with van der Waals surface area (Å²) < 4.78 is 46.2. The quantitative estimate of drug-likeness (QED) is 0.437. The second kappa shape index (κ2) is 8.39. The lowest BCUT2D eigenvalue weighted by Gasteiger charge is -2.25. The molecule has 2 aromatic carbocycles. The summed E-state index contributed by atoms with van der Waals surface area (Å²) in [5, 5.41) is 4.62. The predicted octanol–water partition coefficient (Wildman–Crippen LogP) is 5.94. The average molecular weight is 520 g/mol. The van der Waals surface area contributed by atoms with Crippen molar-refractivity contribution in [1.29, 1.82) is 0 Å². The molecule has 0 unspecified atom stereocenters. The average Bonchev–Trinajstić information content (AvgIpc) is 3.45. The maximum Gasteiger partial charge on any atom is 0.241 e. The van der Waals surface area contributed by atoms with E-state index in [1.165, 1.54) is 12.1 Å². The van der Waals surface area contributed by atoms with Gasteiger partial charge in [0.15, 0.2) is 0 Å². The van der Waals surface area contributed by atoms with E-state index in [2.05, 4.69) is 25.8 Å². The van der Waals surface area contributed by atoms with Crippen LogP contribution in [0.4, 0.5) is 4.39 Å².